The van der Waals surface area contributed by atoms with Gasteiger partial charge in [-0.25, -0.2) is 0 Å². The summed E-state index contributed by atoms with van der Waals surface area (Å²) in [6.45, 7) is 17.6. The van der Waals surface area contributed by atoms with Gasteiger partial charge in [-0.05, 0) is 224 Å². The number of ether oxygens (including phenoxy) is 8. The molecule has 718 valence electrons. The summed E-state index contributed by atoms with van der Waals surface area (Å²) < 4.78 is 53.4. The SMILES string of the molecule is CCCCCCCCCCOc1ccc(C#CCc2cc3c4c(c2)c(C#Cc2ccc(OCCCCCCCCCC)cc2)c(C#Cc2ccc(OCCCCCCCCCC)cc2)c2cc(C#Cc5ccc(OCCCCCCCCCC)cc5)cc(c24)C(C#Cc2ccc(OCCCCCCCCCC)cc2)(OC)C3(C#Cc2ccc(OCCCCCCCCCC)cc2)OC)cc1. The van der Waals surface area contributed by atoms with Gasteiger partial charge in [-0.1, -0.05) is 388 Å². The van der Waals surface area contributed by atoms with Crippen LogP contribution in [0, 0.1) is 71.0 Å². The highest BCUT2D eigenvalue weighted by Gasteiger charge is 2.59. The molecule has 8 nitrogen and oxygen atoms in total. The molecule has 0 saturated heterocycles. The molecule has 0 fully saturated rings. The van der Waals surface area contributed by atoms with Crippen molar-refractivity contribution in [3.05, 3.63) is 237 Å². The fraction of sp³-hybridized carbons (Fsp3) is 0.512. The number of rotatable bonds is 63. The standard InChI is InChI=1S/C127H162O8/c1-9-15-21-27-33-39-45-51-94-130-112-76-62-104(63-77-112)58-57-59-110-100-120-118(88-74-106-66-80-114(81-67-106)132-96-53-47-41-35-29-23-17-11-3)119(89-75-107-68-82-115(83-69-107)133-97-54-48-42-36-30-24-18-12-4)121-101-111(61-60-105-64-78-113(79-65-105)131-95-52-46-40-34-28-22-16-10-2)103-123-125(121)124(120)122(102-110)126(128-7,92-90-108-70-84-116(85-71-108)134-98-55-49-43-37-31-25-19-13-5)127(123,129-8)93-91-109-72-86-117(87-73-109)135-99-56-50-44-38-32-26-20-14-6/h62-73,76-87,100-103H,9-56,59,94-99H2,1-8H3. The van der Waals surface area contributed by atoms with Crippen LogP contribution in [0.4, 0.5) is 0 Å². The molecule has 8 heteroatoms. The summed E-state index contributed by atoms with van der Waals surface area (Å²) in [4.78, 5) is 0. The quantitative estimate of drug-likeness (QED) is 0.0212. The maximum atomic E-state index is 7.50. The van der Waals surface area contributed by atoms with Gasteiger partial charge in [0.05, 0.1) is 39.6 Å². The fourth-order valence-corrected chi connectivity index (χ4v) is 18.2. The van der Waals surface area contributed by atoms with E-state index in [0.29, 0.717) is 62.8 Å². The molecule has 9 aromatic rings. The topological polar surface area (TPSA) is 73.8 Å². The first-order valence-corrected chi connectivity index (χ1v) is 53.4. The maximum Gasteiger partial charge on any atom is 0.199 e. The second-order valence-electron chi connectivity index (χ2n) is 37.3. The molecule has 0 aromatic heterocycles. The molecule has 2 unspecified atom stereocenters. The van der Waals surface area contributed by atoms with Crippen LogP contribution in [0.5, 0.6) is 34.5 Å². The molecule has 0 amide bonds. The number of unbranched alkanes of at least 4 members (excludes halogenated alkanes) is 42. The zero-order valence-electron chi connectivity index (χ0n) is 84.3. The molecule has 1 aliphatic carbocycles. The van der Waals surface area contributed by atoms with Gasteiger partial charge in [-0.15, -0.1) is 0 Å². The Morgan fingerprint density at radius 3 is 0.681 bits per heavy atom. The lowest BCUT2D eigenvalue weighted by atomic mass is 9.65. The zero-order chi connectivity index (χ0) is 94.5. The van der Waals surface area contributed by atoms with Crippen molar-refractivity contribution in [1.82, 2.24) is 0 Å². The molecule has 10 rings (SSSR count). The molecule has 0 spiro atoms. The van der Waals surface area contributed by atoms with Gasteiger partial charge >= 0.3 is 0 Å². The Hall–Kier alpha value is -10.4. The first kappa shape index (κ1) is 107. The smallest absolute Gasteiger partial charge is 0.199 e. The van der Waals surface area contributed by atoms with Gasteiger partial charge in [0.15, 0.2) is 11.2 Å². The predicted octanol–water partition coefficient (Wildman–Crippen LogP) is 33.7. The average molecular weight is 1820 g/mol. The number of benzene rings is 9. The minimum atomic E-state index is -1.72. The van der Waals surface area contributed by atoms with Crippen LogP contribution in [-0.4, -0.2) is 53.9 Å². The van der Waals surface area contributed by atoms with Gasteiger partial charge in [0, 0.05) is 87.2 Å². The molecule has 0 heterocycles. The molecule has 0 N–H and O–H groups in total. The van der Waals surface area contributed by atoms with Crippen molar-refractivity contribution >= 4 is 21.5 Å². The highest BCUT2D eigenvalue weighted by Crippen LogP contribution is 2.57. The molecule has 0 aliphatic heterocycles. The Kier molecular flexibility index (Phi) is 50.4. The molecule has 135 heavy (non-hydrogen) atoms. The van der Waals surface area contributed by atoms with E-state index in [1.54, 1.807) is 14.2 Å². The van der Waals surface area contributed by atoms with Crippen molar-refractivity contribution in [1.29, 1.82) is 0 Å². The molecule has 0 bridgehead atoms. The van der Waals surface area contributed by atoms with E-state index in [4.69, 9.17) is 37.9 Å². The van der Waals surface area contributed by atoms with E-state index >= 15 is 0 Å². The Balaban J connectivity index is 1.17. The summed E-state index contributed by atoms with van der Waals surface area (Å²) in [7, 11) is 3.49. The van der Waals surface area contributed by atoms with Crippen LogP contribution >= 0.6 is 0 Å². The van der Waals surface area contributed by atoms with Gasteiger partial charge in [0.2, 0.25) is 0 Å². The van der Waals surface area contributed by atoms with Crippen molar-refractivity contribution in [3.8, 4) is 106 Å². The highest BCUT2D eigenvalue weighted by molar-refractivity contribution is 6.18. The van der Waals surface area contributed by atoms with E-state index in [-0.39, 0.29) is 0 Å². The molecular formula is C127H162O8. The number of hydrogen-bond donors (Lipinski definition) is 0. The third kappa shape index (κ3) is 36.5. The van der Waals surface area contributed by atoms with Crippen molar-refractivity contribution < 1.29 is 37.9 Å². The lowest BCUT2D eigenvalue weighted by Gasteiger charge is -2.47. The monoisotopic (exact) mass is 1820 g/mol. The van der Waals surface area contributed by atoms with Crippen LogP contribution < -0.4 is 28.4 Å². The third-order valence-corrected chi connectivity index (χ3v) is 26.3. The molecular weight excluding hydrogens is 1650 g/mol. The van der Waals surface area contributed by atoms with E-state index in [1.165, 1.54) is 238 Å². The summed E-state index contributed by atoms with van der Waals surface area (Å²) in [5.41, 5.74) is 5.99. The van der Waals surface area contributed by atoms with Crippen molar-refractivity contribution in [3.63, 3.8) is 0 Å². The fourth-order valence-electron chi connectivity index (χ4n) is 18.2. The van der Waals surface area contributed by atoms with Crippen LogP contribution in [0.15, 0.2) is 170 Å². The minimum absolute atomic E-state index is 0.347. The highest BCUT2D eigenvalue weighted by atomic mass is 16.5. The van der Waals surface area contributed by atoms with Gasteiger partial charge in [-0.2, -0.15) is 0 Å². The molecule has 0 radical (unpaired) electrons. The van der Waals surface area contributed by atoms with Gasteiger partial charge in [-0.3, -0.25) is 0 Å². The van der Waals surface area contributed by atoms with Crippen LogP contribution in [-0.2, 0) is 27.1 Å². The van der Waals surface area contributed by atoms with E-state index in [9.17, 15) is 0 Å². The molecule has 9 aromatic carbocycles. The second kappa shape index (κ2) is 63.8. The zero-order valence-corrected chi connectivity index (χ0v) is 84.3. The molecule has 2 atom stereocenters. The predicted molar refractivity (Wildman–Crippen MR) is 568 cm³/mol. The minimum Gasteiger partial charge on any atom is -0.494 e. The van der Waals surface area contributed by atoms with Crippen molar-refractivity contribution in [2.24, 2.45) is 0 Å². The number of hydrogen-bond acceptors (Lipinski definition) is 8. The summed E-state index contributed by atoms with van der Waals surface area (Å²) >= 11 is 0. The van der Waals surface area contributed by atoms with Crippen molar-refractivity contribution in [2.45, 2.75) is 367 Å². The Morgan fingerprint density at radius 2 is 0.422 bits per heavy atom. The third-order valence-electron chi connectivity index (χ3n) is 26.3. The second-order valence-corrected chi connectivity index (χ2v) is 37.3. The molecule has 0 saturated carbocycles. The first-order valence-electron chi connectivity index (χ1n) is 53.4. The Labute approximate surface area is 817 Å². The lowest BCUT2D eigenvalue weighted by Crippen LogP contribution is -2.52. The van der Waals surface area contributed by atoms with Crippen LogP contribution in [0.2, 0.25) is 0 Å². The van der Waals surface area contributed by atoms with Crippen LogP contribution in [0.3, 0.4) is 0 Å². The normalized spacial score (nSPS) is 13.4. The van der Waals surface area contributed by atoms with Crippen LogP contribution in [0.1, 0.15) is 417 Å². The summed E-state index contributed by atoms with van der Waals surface area (Å²) in [6, 6.07) is 58.1. The van der Waals surface area contributed by atoms with E-state index < -0.39 is 11.2 Å². The lowest BCUT2D eigenvalue weighted by molar-refractivity contribution is -0.132. The van der Waals surface area contributed by atoms with Gasteiger partial charge in [0.1, 0.15) is 34.5 Å². The van der Waals surface area contributed by atoms with Gasteiger partial charge < -0.3 is 37.9 Å². The molecule has 1 aliphatic rings. The van der Waals surface area contributed by atoms with E-state index in [0.717, 1.165) is 177 Å². The maximum absolute atomic E-state index is 7.50. The van der Waals surface area contributed by atoms with E-state index in [2.05, 4.69) is 198 Å². The summed E-state index contributed by atoms with van der Waals surface area (Å²) in [6.07, 6.45) is 59.6. The van der Waals surface area contributed by atoms with Crippen LogP contribution in [0.25, 0.3) is 21.5 Å². The summed E-state index contributed by atoms with van der Waals surface area (Å²) in [5, 5.41) is 3.43. The average Bonchev–Trinajstić information content (AvgIpc) is 0.671. The van der Waals surface area contributed by atoms with Gasteiger partial charge in [0.25, 0.3) is 0 Å². The number of methoxy groups -OCH3 is 2. The Bertz CT molecular complexity index is 5280. The summed E-state index contributed by atoms with van der Waals surface area (Å²) in [5.74, 6) is 50.0. The largest absolute Gasteiger partial charge is 0.494 e. The first-order chi connectivity index (χ1) is 66.7. The Morgan fingerprint density at radius 1 is 0.207 bits per heavy atom. The van der Waals surface area contributed by atoms with E-state index in [1.807, 2.05) is 84.9 Å². The van der Waals surface area contributed by atoms with Crippen molar-refractivity contribution in [2.75, 3.05) is 53.9 Å².